The van der Waals surface area contributed by atoms with Gasteiger partial charge in [-0.05, 0) is 53.3 Å². The highest BCUT2D eigenvalue weighted by Crippen LogP contribution is 2.26. The number of aromatic nitrogens is 2. The number of fused-ring (bicyclic) bond motifs is 1. The lowest BCUT2D eigenvalue weighted by molar-refractivity contribution is 0.621. The molecular weight excluding hydrogens is 402 g/mol. The van der Waals surface area contributed by atoms with Crippen LogP contribution < -0.4 is 0 Å². The average Bonchev–Trinajstić information content (AvgIpc) is 2.77. The molecule has 0 saturated heterocycles. The third kappa shape index (κ3) is 2.79. The quantitative estimate of drug-likeness (QED) is 0.442. The Bertz CT molecular complexity index is 813. The zero-order valence-corrected chi connectivity index (χ0v) is 14.3. The highest BCUT2D eigenvalue weighted by atomic mass is 127. The van der Waals surface area contributed by atoms with Crippen molar-refractivity contribution < 1.29 is 4.39 Å². The molecule has 0 radical (unpaired) electrons. The first-order chi connectivity index (χ1) is 10.1. The van der Waals surface area contributed by atoms with Gasteiger partial charge in [0, 0.05) is 24.1 Å². The van der Waals surface area contributed by atoms with Crippen molar-refractivity contribution in [2.45, 2.75) is 13.3 Å². The largest absolute Gasteiger partial charge is 0.296 e. The van der Waals surface area contributed by atoms with Gasteiger partial charge in [0.2, 0.25) is 0 Å². The van der Waals surface area contributed by atoms with Gasteiger partial charge in [-0.3, -0.25) is 4.57 Å². The molecule has 1 heterocycles. The minimum absolute atomic E-state index is 0.227. The number of hydrogen-bond acceptors (Lipinski definition) is 1. The molecule has 0 unspecified atom stereocenters. The molecule has 5 heteroatoms. The van der Waals surface area contributed by atoms with Crippen LogP contribution in [0.15, 0.2) is 36.4 Å². The zero-order valence-electron chi connectivity index (χ0n) is 11.4. The molecule has 1 aromatic heterocycles. The summed E-state index contributed by atoms with van der Waals surface area (Å²) in [7, 11) is 0. The van der Waals surface area contributed by atoms with Crippen LogP contribution in [0.5, 0.6) is 0 Å². The molecule has 2 nitrogen and oxygen atoms in total. The lowest BCUT2D eigenvalue weighted by Gasteiger charge is -2.09. The summed E-state index contributed by atoms with van der Waals surface area (Å²) in [6.45, 7) is 2.04. The van der Waals surface area contributed by atoms with Gasteiger partial charge in [0.15, 0.2) is 0 Å². The number of aryl methyl sites for hydroxylation is 2. The second kappa shape index (κ2) is 5.93. The summed E-state index contributed by atoms with van der Waals surface area (Å²) in [5, 5.41) is 0. The fourth-order valence-corrected chi connectivity index (χ4v) is 3.05. The Morgan fingerprint density at radius 1 is 1.29 bits per heavy atom. The van der Waals surface area contributed by atoms with Crippen molar-refractivity contribution in [1.82, 2.24) is 9.55 Å². The van der Waals surface area contributed by atoms with E-state index in [0.29, 0.717) is 15.9 Å². The van der Waals surface area contributed by atoms with Gasteiger partial charge in [0.05, 0.1) is 14.6 Å². The molecule has 0 amide bonds. The summed E-state index contributed by atoms with van der Waals surface area (Å²) in [6, 6.07) is 11.4. The third-order valence-electron chi connectivity index (χ3n) is 3.34. The van der Waals surface area contributed by atoms with E-state index in [-0.39, 0.29) is 5.82 Å². The highest BCUT2D eigenvalue weighted by molar-refractivity contribution is 14.1. The summed E-state index contributed by atoms with van der Waals surface area (Å²) in [5.74, 6) is 1.11. The van der Waals surface area contributed by atoms with E-state index in [0.717, 1.165) is 28.1 Å². The molecule has 21 heavy (non-hydrogen) atoms. The predicted octanol–water partition coefficient (Wildman–Crippen LogP) is 4.86. The van der Waals surface area contributed by atoms with Gasteiger partial charge < -0.3 is 0 Å². The van der Waals surface area contributed by atoms with E-state index in [9.17, 15) is 4.39 Å². The van der Waals surface area contributed by atoms with Gasteiger partial charge in [-0.2, -0.15) is 0 Å². The molecule has 3 rings (SSSR count). The topological polar surface area (TPSA) is 17.8 Å². The van der Waals surface area contributed by atoms with Gasteiger partial charge in [-0.15, -0.1) is 11.6 Å². The maximum Gasteiger partial charge on any atom is 0.138 e. The number of hydrogen-bond donors (Lipinski definition) is 0. The van der Waals surface area contributed by atoms with E-state index in [1.807, 2.05) is 52.3 Å². The van der Waals surface area contributed by atoms with Crippen LogP contribution in [0, 0.1) is 16.3 Å². The van der Waals surface area contributed by atoms with Crippen LogP contribution in [-0.2, 0) is 6.42 Å². The fraction of sp³-hybridized carbons (Fsp3) is 0.188. The average molecular weight is 415 g/mol. The molecule has 0 N–H and O–H groups in total. The number of nitrogens with zero attached hydrogens (tertiary/aromatic N) is 2. The molecule has 0 aliphatic carbocycles. The molecule has 3 aromatic rings. The van der Waals surface area contributed by atoms with Crippen molar-refractivity contribution in [2.24, 2.45) is 0 Å². The normalized spacial score (nSPS) is 11.2. The molecule has 0 bridgehead atoms. The van der Waals surface area contributed by atoms with E-state index >= 15 is 0 Å². The molecule has 0 saturated carbocycles. The SMILES string of the molecule is Cc1cccc(-n2c(CCCl)nc3cc(I)c(F)cc32)c1. The minimum atomic E-state index is -0.227. The van der Waals surface area contributed by atoms with E-state index in [2.05, 4.69) is 11.1 Å². The van der Waals surface area contributed by atoms with E-state index in [4.69, 9.17) is 11.6 Å². The number of halogens is 3. The number of imidazole rings is 1. The Morgan fingerprint density at radius 3 is 2.81 bits per heavy atom. The first-order valence-electron chi connectivity index (χ1n) is 6.59. The standard InChI is InChI=1S/C16H13ClFIN2/c1-10-3-2-4-11(7-10)21-15-8-12(18)13(19)9-14(15)20-16(21)5-6-17/h2-4,7-9H,5-6H2,1H3. The Labute approximate surface area is 141 Å². The van der Waals surface area contributed by atoms with Crippen LogP contribution in [0.3, 0.4) is 0 Å². The Balaban J connectivity index is 2.32. The van der Waals surface area contributed by atoms with Crippen LogP contribution in [0.2, 0.25) is 0 Å². The van der Waals surface area contributed by atoms with E-state index in [1.165, 1.54) is 0 Å². The van der Waals surface area contributed by atoms with Crippen LogP contribution >= 0.6 is 34.2 Å². The number of rotatable bonds is 3. The number of alkyl halides is 1. The fourth-order valence-electron chi connectivity index (χ4n) is 2.43. The van der Waals surface area contributed by atoms with Crippen molar-refractivity contribution in [2.75, 3.05) is 5.88 Å². The Hall–Kier alpha value is -1.14. The number of benzene rings is 2. The first kappa shape index (κ1) is 14.8. The van der Waals surface area contributed by atoms with Crippen LogP contribution in [-0.4, -0.2) is 15.4 Å². The molecule has 0 fully saturated rings. The van der Waals surface area contributed by atoms with Crippen molar-refractivity contribution >= 4 is 45.2 Å². The van der Waals surface area contributed by atoms with Crippen LogP contribution in [0.1, 0.15) is 11.4 Å². The van der Waals surface area contributed by atoms with E-state index in [1.54, 1.807) is 12.1 Å². The summed E-state index contributed by atoms with van der Waals surface area (Å²) < 4.78 is 16.5. The predicted molar refractivity (Wildman–Crippen MR) is 92.9 cm³/mol. The first-order valence-corrected chi connectivity index (χ1v) is 8.21. The minimum Gasteiger partial charge on any atom is -0.296 e. The van der Waals surface area contributed by atoms with Crippen molar-refractivity contribution in [3.63, 3.8) is 0 Å². The molecular formula is C16H13ClFIN2. The summed E-state index contributed by atoms with van der Waals surface area (Å²) in [6.07, 6.45) is 0.641. The zero-order chi connectivity index (χ0) is 15.0. The van der Waals surface area contributed by atoms with Crippen molar-refractivity contribution in [1.29, 1.82) is 0 Å². The third-order valence-corrected chi connectivity index (χ3v) is 4.36. The molecule has 108 valence electrons. The Morgan fingerprint density at radius 2 is 2.10 bits per heavy atom. The molecule has 0 aliphatic rings. The monoisotopic (exact) mass is 414 g/mol. The van der Waals surface area contributed by atoms with Crippen molar-refractivity contribution in [3.8, 4) is 5.69 Å². The lowest BCUT2D eigenvalue weighted by Crippen LogP contribution is -2.02. The van der Waals surface area contributed by atoms with E-state index < -0.39 is 0 Å². The van der Waals surface area contributed by atoms with Gasteiger partial charge in [-0.1, -0.05) is 12.1 Å². The second-order valence-electron chi connectivity index (χ2n) is 4.90. The van der Waals surface area contributed by atoms with Gasteiger partial charge >= 0.3 is 0 Å². The van der Waals surface area contributed by atoms with Gasteiger partial charge in [0.25, 0.3) is 0 Å². The Kier molecular flexibility index (Phi) is 4.17. The smallest absolute Gasteiger partial charge is 0.138 e. The summed E-state index contributed by atoms with van der Waals surface area (Å²) in [5.41, 5.74) is 3.71. The highest BCUT2D eigenvalue weighted by Gasteiger charge is 2.14. The molecule has 0 spiro atoms. The van der Waals surface area contributed by atoms with Gasteiger partial charge in [-0.25, -0.2) is 9.37 Å². The van der Waals surface area contributed by atoms with Gasteiger partial charge in [0.1, 0.15) is 11.6 Å². The van der Waals surface area contributed by atoms with Crippen molar-refractivity contribution in [3.05, 3.63) is 57.2 Å². The maximum atomic E-state index is 13.9. The maximum absolute atomic E-state index is 13.9. The second-order valence-corrected chi connectivity index (χ2v) is 6.44. The molecule has 0 aliphatic heterocycles. The molecule has 2 aromatic carbocycles. The summed E-state index contributed by atoms with van der Waals surface area (Å²) >= 11 is 7.87. The van der Waals surface area contributed by atoms with Crippen LogP contribution in [0.4, 0.5) is 4.39 Å². The van der Waals surface area contributed by atoms with Crippen LogP contribution in [0.25, 0.3) is 16.7 Å². The molecule has 0 atom stereocenters. The lowest BCUT2D eigenvalue weighted by atomic mass is 10.2. The summed E-state index contributed by atoms with van der Waals surface area (Å²) in [4.78, 5) is 4.62.